The Kier molecular flexibility index (Phi) is 5.26. The number of ether oxygens (including phenoxy) is 1. The molecule has 146 valence electrons. The topological polar surface area (TPSA) is 99.9 Å². The van der Waals surface area contributed by atoms with E-state index < -0.39 is 0 Å². The molecule has 29 heavy (non-hydrogen) atoms. The third kappa shape index (κ3) is 4.80. The van der Waals surface area contributed by atoms with Crippen molar-refractivity contribution in [1.29, 1.82) is 0 Å². The number of rotatable bonds is 6. The fourth-order valence-corrected chi connectivity index (χ4v) is 3.40. The maximum atomic E-state index is 12.2. The van der Waals surface area contributed by atoms with Crippen molar-refractivity contribution in [1.82, 2.24) is 15.0 Å². The fourth-order valence-electron chi connectivity index (χ4n) is 2.81. The highest BCUT2D eigenvalue weighted by atomic mass is 32.1. The van der Waals surface area contributed by atoms with Crippen LogP contribution in [-0.2, 0) is 11.4 Å². The Morgan fingerprint density at radius 2 is 2.07 bits per heavy atom. The molecule has 0 bridgehead atoms. The van der Waals surface area contributed by atoms with Gasteiger partial charge in [-0.1, -0.05) is 12.1 Å². The third-order valence-corrected chi connectivity index (χ3v) is 4.94. The first-order valence-electron chi connectivity index (χ1n) is 8.90. The van der Waals surface area contributed by atoms with Crippen LogP contribution >= 0.6 is 11.3 Å². The standard InChI is InChI=1S/C21H18N4O3S/c1-13-22-16(12-29-13)11-28-17-4-2-3-14(9-17)5-8-20(26)23-15-6-7-18-19(10-15)25-21(27)24-18/h2-10,12H,11H2,1H3,(H,23,26)(H2,24,25,27)/b8-5+. The monoisotopic (exact) mass is 406 g/mol. The number of nitrogens with zero attached hydrogens (tertiary/aromatic N) is 1. The summed E-state index contributed by atoms with van der Waals surface area (Å²) in [4.78, 5) is 33.2. The van der Waals surface area contributed by atoms with E-state index in [9.17, 15) is 9.59 Å². The molecular weight excluding hydrogens is 388 g/mol. The van der Waals surface area contributed by atoms with Crippen LogP contribution in [0.2, 0.25) is 0 Å². The van der Waals surface area contributed by atoms with Crippen molar-refractivity contribution >= 4 is 40.0 Å². The van der Waals surface area contributed by atoms with Gasteiger partial charge in [-0.3, -0.25) is 4.79 Å². The molecule has 1 amide bonds. The highest BCUT2D eigenvalue weighted by molar-refractivity contribution is 7.09. The summed E-state index contributed by atoms with van der Waals surface area (Å²) in [5.41, 5.74) is 3.38. The molecule has 8 heteroatoms. The van der Waals surface area contributed by atoms with Gasteiger partial charge in [0.1, 0.15) is 12.4 Å². The number of aromatic amines is 2. The van der Waals surface area contributed by atoms with Gasteiger partial charge in [0.05, 0.1) is 21.7 Å². The lowest BCUT2D eigenvalue weighted by molar-refractivity contribution is -0.111. The molecule has 2 aromatic heterocycles. The predicted octanol–water partition coefficient (Wildman–Crippen LogP) is 3.85. The van der Waals surface area contributed by atoms with E-state index in [-0.39, 0.29) is 11.6 Å². The molecule has 0 aliphatic rings. The molecule has 4 aromatic rings. The Balaban J connectivity index is 1.38. The quantitative estimate of drug-likeness (QED) is 0.424. The molecule has 0 aliphatic heterocycles. The first-order chi connectivity index (χ1) is 14.0. The zero-order valence-corrected chi connectivity index (χ0v) is 16.4. The Morgan fingerprint density at radius 3 is 2.90 bits per heavy atom. The summed E-state index contributed by atoms with van der Waals surface area (Å²) in [6.45, 7) is 2.36. The average molecular weight is 406 g/mol. The summed E-state index contributed by atoms with van der Waals surface area (Å²) in [6.07, 6.45) is 3.17. The molecule has 0 atom stereocenters. The Labute approximate surface area is 170 Å². The Hall–Kier alpha value is -3.65. The van der Waals surface area contributed by atoms with Crippen LogP contribution in [0.3, 0.4) is 0 Å². The normalized spacial score (nSPS) is 11.2. The van der Waals surface area contributed by atoms with Gasteiger partial charge in [0.15, 0.2) is 0 Å². The van der Waals surface area contributed by atoms with Crippen LogP contribution in [0, 0.1) is 6.92 Å². The minimum Gasteiger partial charge on any atom is -0.487 e. The molecule has 0 spiro atoms. The van der Waals surface area contributed by atoms with E-state index in [0.29, 0.717) is 29.1 Å². The van der Waals surface area contributed by atoms with Crippen LogP contribution in [0.4, 0.5) is 5.69 Å². The van der Waals surface area contributed by atoms with Gasteiger partial charge < -0.3 is 20.0 Å². The molecule has 2 heterocycles. The maximum absolute atomic E-state index is 12.2. The van der Waals surface area contributed by atoms with Crippen LogP contribution in [-0.4, -0.2) is 20.9 Å². The minimum absolute atomic E-state index is 0.272. The number of anilines is 1. The van der Waals surface area contributed by atoms with Crippen molar-refractivity contribution in [2.24, 2.45) is 0 Å². The zero-order valence-electron chi connectivity index (χ0n) is 15.6. The number of H-pyrrole nitrogens is 2. The molecule has 0 unspecified atom stereocenters. The minimum atomic E-state index is -0.282. The number of thiazole rings is 1. The third-order valence-electron chi connectivity index (χ3n) is 4.12. The summed E-state index contributed by atoms with van der Waals surface area (Å²) in [5.74, 6) is 0.437. The van der Waals surface area contributed by atoms with E-state index in [2.05, 4.69) is 20.3 Å². The smallest absolute Gasteiger partial charge is 0.323 e. The highest BCUT2D eigenvalue weighted by Gasteiger charge is 2.03. The van der Waals surface area contributed by atoms with Crippen molar-refractivity contribution < 1.29 is 9.53 Å². The molecule has 3 N–H and O–H groups in total. The summed E-state index contributed by atoms with van der Waals surface area (Å²) < 4.78 is 5.77. The van der Waals surface area contributed by atoms with Gasteiger partial charge in [-0.2, -0.15) is 0 Å². The first-order valence-corrected chi connectivity index (χ1v) is 9.78. The number of amides is 1. The molecular formula is C21H18N4O3S. The van der Waals surface area contributed by atoms with E-state index in [4.69, 9.17) is 4.74 Å². The van der Waals surface area contributed by atoms with Gasteiger partial charge in [-0.25, -0.2) is 9.78 Å². The fraction of sp³-hybridized carbons (Fsp3) is 0.0952. The number of hydrogen-bond donors (Lipinski definition) is 3. The van der Waals surface area contributed by atoms with Crippen LogP contribution in [0.15, 0.2) is 58.7 Å². The SMILES string of the molecule is Cc1nc(COc2cccc(/C=C/C(=O)Nc3ccc4[nH]c(=O)[nH]c4c3)c2)cs1. The molecule has 0 saturated heterocycles. The van der Waals surface area contributed by atoms with Crippen molar-refractivity contribution in [2.75, 3.05) is 5.32 Å². The maximum Gasteiger partial charge on any atom is 0.323 e. The van der Waals surface area contributed by atoms with E-state index in [1.54, 1.807) is 35.6 Å². The van der Waals surface area contributed by atoms with Crippen molar-refractivity contribution in [3.05, 3.63) is 80.7 Å². The summed E-state index contributed by atoms with van der Waals surface area (Å²) >= 11 is 1.59. The number of imidazole rings is 1. The van der Waals surface area contributed by atoms with E-state index in [1.807, 2.05) is 36.6 Å². The molecule has 0 radical (unpaired) electrons. The summed E-state index contributed by atoms with van der Waals surface area (Å²) in [5, 5.41) is 5.76. The molecule has 0 fully saturated rings. The number of fused-ring (bicyclic) bond motifs is 1. The second-order valence-corrected chi connectivity index (χ2v) is 7.44. The van der Waals surface area contributed by atoms with Crippen LogP contribution < -0.4 is 15.7 Å². The van der Waals surface area contributed by atoms with Gasteiger partial charge >= 0.3 is 5.69 Å². The van der Waals surface area contributed by atoms with Crippen molar-refractivity contribution in [3.63, 3.8) is 0 Å². The number of hydrogen-bond acceptors (Lipinski definition) is 5. The molecule has 0 saturated carbocycles. The Morgan fingerprint density at radius 1 is 1.21 bits per heavy atom. The number of aryl methyl sites for hydroxylation is 1. The average Bonchev–Trinajstić information content (AvgIpc) is 3.29. The summed E-state index contributed by atoms with van der Waals surface area (Å²) in [7, 11) is 0. The van der Waals surface area contributed by atoms with Gasteiger partial charge in [0, 0.05) is 17.1 Å². The van der Waals surface area contributed by atoms with Gasteiger partial charge in [-0.15, -0.1) is 11.3 Å². The van der Waals surface area contributed by atoms with Gasteiger partial charge in [0.25, 0.3) is 0 Å². The lowest BCUT2D eigenvalue weighted by atomic mass is 10.2. The van der Waals surface area contributed by atoms with Crippen LogP contribution in [0.5, 0.6) is 5.75 Å². The first kappa shape index (κ1) is 18.7. The molecule has 0 aliphatic carbocycles. The van der Waals surface area contributed by atoms with Crippen molar-refractivity contribution in [3.8, 4) is 5.75 Å². The zero-order chi connectivity index (χ0) is 20.2. The van der Waals surface area contributed by atoms with Gasteiger partial charge in [0.2, 0.25) is 5.91 Å². The molecule has 4 rings (SSSR count). The number of carbonyl (C=O) groups is 1. The number of aromatic nitrogens is 3. The molecule has 7 nitrogen and oxygen atoms in total. The second kappa shape index (κ2) is 8.15. The second-order valence-electron chi connectivity index (χ2n) is 6.38. The van der Waals surface area contributed by atoms with Crippen molar-refractivity contribution in [2.45, 2.75) is 13.5 Å². The lowest BCUT2D eigenvalue weighted by Crippen LogP contribution is -2.07. The lowest BCUT2D eigenvalue weighted by Gasteiger charge is -2.05. The summed E-state index contributed by atoms with van der Waals surface area (Å²) in [6, 6.07) is 12.6. The van der Waals surface area contributed by atoms with Crippen LogP contribution in [0.25, 0.3) is 17.1 Å². The number of nitrogens with one attached hydrogen (secondary N) is 3. The molecule has 2 aromatic carbocycles. The largest absolute Gasteiger partial charge is 0.487 e. The Bertz CT molecular complexity index is 1250. The van der Waals surface area contributed by atoms with Crippen LogP contribution in [0.1, 0.15) is 16.3 Å². The number of benzene rings is 2. The predicted molar refractivity (Wildman–Crippen MR) is 114 cm³/mol. The van der Waals surface area contributed by atoms with E-state index >= 15 is 0 Å². The number of carbonyl (C=O) groups excluding carboxylic acids is 1. The van der Waals surface area contributed by atoms with Gasteiger partial charge in [-0.05, 0) is 48.9 Å². The highest BCUT2D eigenvalue weighted by Crippen LogP contribution is 2.18. The van der Waals surface area contributed by atoms with E-state index in [0.717, 1.165) is 16.3 Å². The van der Waals surface area contributed by atoms with E-state index in [1.165, 1.54) is 6.08 Å².